The van der Waals surface area contributed by atoms with Gasteiger partial charge >= 0.3 is 0 Å². The van der Waals surface area contributed by atoms with E-state index in [4.69, 9.17) is 0 Å². The van der Waals surface area contributed by atoms with E-state index in [1.54, 1.807) is 0 Å². The smallest absolute Gasteiger partial charge is 0.223 e. The lowest BCUT2D eigenvalue weighted by molar-refractivity contribution is -0.123. The number of hydrogen-bond acceptors (Lipinski definition) is 1. The molecule has 0 aromatic rings. The van der Waals surface area contributed by atoms with Crippen molar-refractivity contribution >= 4 is 21.8 Å². The first kappa shape index (κ1) is 13.0. The van der Waals surface area contributed by atoms with Gasteiger partial charge < -0.3 is 5.32 Å². The largest absolute Gasteiger partial charge is 0.352 e. The second-order valence-electron chi connectivity index (χ2n) is 6.41. The normalized spacial score (nSPS) is 43.7. The Hall–Kier alpha value is -0.0500. The highest BCUT2D eigenvalue weighted by Gasteiger charge is 2.54. The summed E-state index contributed by atoms with van der Waals surface area (Å²) in [6, 6.07) is 0.377. The summed E-state index contributed by atoms with van der Waals surface area (Å²) in [6.45, 7) is 0. The van der Waals surface area contributed by atoms with Gasteiger partial charge in [0.25, 0.3) is 0 Å². The number of halogens is 1. The molecule has 3 heteroatoms. The molecule has 2 nitrogen and oxygen atoms in total. The van der Waals surface area contributed by atoms with Crippen molar-refractivity contribution in [1.29, 1.82) is 0 Å². The minimum absolute atomic E-state index is 0.364. The zero-order chi connectivity index (χ0) is 12.5. The average molecular weight is 314 g/mol. The van der Waals surface area contributed by atoms with E-state index in [-0.39, 0.29) is 0 Å². The molecular weight excluding hydrogens is 290 g/mol. The van der Waals surface area contributed by atoms with Crippen molar-refractivity contribution in [2.75, 3.05) is 0 Å². The van der Waals surface area contributed by atoms with Crippen LogP contribution in [0.2, 0.25) is 0 Å². The molecule has 0 radical (unpaired) electrons. The van der Waals surface area contributed by atoms with Crippen LogP contribution in [0, 0.1) is 17.8 Å². The molecule has 18 heavy (non-hydrogen) atoms. The van der Waals surface area contributed by atoms with Gasteiger partial charge in [0.1, 0.15) is 0 Å². The van der Waals surface area contributed by atoms with Gasteiger partial charge in [0.05, 0.1) is 0 Å². The molecule has 0 aliphatic heterocycles. The molecule has 3 aliphatic carbocycles. The van der Waals surface area contributed by atoms with Crippen LogP contribution in [-0.2, 0) is 4.79 Å². The topological polar surface area (TPSA) is 29.1 Å². The van der Waals surface area contributed by atoms with Gasteiger partial charge in [-0.05, 0) is 37.5 Å². The summed E-state index contributed by atoms with van der Waals surface area (Å²) in [7, 11) is 0. The second-order valence-corrected chi connectivity index (χ2v) is 7.58. The van der Waals surface area contributed by atoms with Crippen molar-refractivity contribution in [3.63, 3.8) is 0 Å². The molecule has 3 rings (SSSR count). The van der Waals surface area contributed by atoms with Crippen LogP contribution >= 0.6 is 15.9 Å². The molecule has 4 atom stereocenters. The van der Waals surface area contributed by atoms with Gasteiger partial charge in [-0.3, -0.25) is 4.79 Å². The Morgan fingerprint density at radius 1 is 0.889 bits per heavy atom. The summed E-state index contributed by atoms with van der Waals surface area (Å²) in [5, 5.41) is 3.34. The van der Waals surface area contributed by atoms with Crippen LogP contribution in [0.1, 0.15) is 57.8 Å². The summed E-state index contributed by atoms with van der Waals surface area (Å²) in [6.07, 6.45) is 11.5. The van der Waals surface area contributed by atoms with E-state index >= 15 is 0 Å². The van der Waals surface area contributed by atoms with Crippen molar-refractivity contribution in [3.05, 3.63) is 0 Å². The number of hydrogen-bond donors (Lipinski definition) is 1. The van der Waals surface area contributed by atoms with Crippen LogP contribution in [0.3, 0.4) is 0 Å². The third-order valence-electron chi connectivity index (χ3n) is 5.22. The number of carbonyl (C=O) groups is 1. The van der Waals surface area contributed by atoms with E-state index in [0.29, 0.717) is 22.7 Å². The van der Waals surface area contributed by atoms with E-state index in [0.717, 1.165) is 18.3 Å². The van der Waals surface area contributed by atoms with Gasteiger partial charge in [-0.2, -0.15) is 0 Å². The van der Waals surface area contributed by atoms with Crippen molar-refractivity contribution in [2.24, 2.45) is 17.8 Å². The van der Waals surface area contributed by atoms with E-state index in [9.17, 15) is 4.79 Å². The summed E-state index contributed by atoms with van der Waals surface area (Å²) in [5.74, 6) is 2.20. The molecule has 3 saturated carbocycles. The minimum Gasteiger partial charge on any atom is -0.352 e. The fraction of sp³-hybridized carbons (Fsp3) is 0.933. The molecule has 102 valence electrons. The maximum absolute atomic E-state index is 12.4. The zero-order valence-electron chi connectivity index (χ0n) is 11.0. The Morgan fingerprint density at radius 3 is 2.22 bits per heavy atom. The van der Waals surface area contributed by atoms with E-state index < -0.39 is 0 Å². The second kappa shape index (κ2) is 5.52. The van der Waals surface area contributed by atoms with Gasteiger partial charge in [-0.25, -0.2) is 0 Å². The molecular formula is C15H24BrNO. The molecule has 0 bridgehead atoms. The zero-order valence-corrected chi connectivity index (χ0v) is 12.6. The first-order valence-electron chi connectivity index (χ1n) is 7.72. The molecule has 3 aliphatic rings. The molecule has 4 unspecified atom stereocenters. The molecule has 0 aromatic carbocycles. The monoisotopic (exact) mass is 313 g/mol. The molecule has 0 aromatic heterocycles. The van der Waals surface area contributed by atoms with Gasteiger partial charge in [0, 0.05) is 16.8 Å². The quantitative estimate of drug-likeness (QED) is 0.612. The number of alkyl halides is 1. The van der Waals surface area contributed by atoms with Gasteiger partial charge in [-0.15, -0.1) is 0 Å². The maximum atomic E-state index is 12.4. The average Bonchev–Trinajstić information content (AvgIpc) is 3.12. The lowest BCUT2D eigenvalue weighted by Gasteiger charge is -2.21. The predicted octanol–water partition coefficient (Wildman–Crippen LogP) is 3.64. The Morgan fingerprint density at radius 2 is 1.50 bits per heavy atom. The van der Waals surface area contributed by atoms with Crippen LogP contribution in [0.4, 0.5) is 0 Å². The Bertz CT molecular complexity index is 308. The lowest BCUT2D eigenvalue weighted by Crippen LogP contribution is -2.41. The molecule has 1 N–H and O–H groups in total. The highest BCUT2D eigenvalue weighted by atomic mass is 79.9. The van der Waals surface area contributed by atoms with Crippen LogP contribution in [0.15, 0.2) is 0 Å². The fourth-order valence-electron chi connectivity index (χ4n) is 4.09. The Labute approximate surface area is 118 Å². The van der Waals surface area contributed by atoms with Crippen LogP contribution in [0.25, 0.3) is 0 Å². The van der Waals surface area contributed by atoms with Crippen molar-refractivity contribution in [2.45, 2.75) is 68.7 Å². The Balaban J connectivity index is 1.54. The summed E-state index contributed by atoms with van der Waals surface area (Å²) in [5.41, 5.74) is 0. The third kappa shape index (κ3) is 2.61. The lowest BCUT2D eigenvalue weighted by atomic mass is 10.0. The number of fused-ring (bicyclic) bond motifs is 1. The van der Waals surface area contributed by atoms with E-state index in [1.807, 2.05) is 0 Å². The van der Waals surface area contributed by atoms with Gasteiger partial charge in [0.15, 0.2) is 0 Å². The van der Waals surface area contributed by atoms with Gasteiger partial charge in [-0.1, -0.05) is 48.0 Å². The fourth-order valence-corrected chi connectivity index (χ4v) is 4.81. The number of nitrogens with one attached hydrogen (secondary N) is 1. The molecule has 0 spiro atoms. The first-order chi connectivity index (χ1) is 8.77. The van der Waals surface area contributed by atoms with Crippen LogP contribution in [-0.4, -0.2) is 16.8 Å². The van der Waals surface area contributed by atoms with Gasteiger partial charge in [0.2, 0.25) is 5.91 Å². The SMILES string of the molecule is O=C(NC1CCCCCC1Br)C1C2CCCCC21. The summed E-state index contributed by atoms with van der Waals surface area (Å²) < 4.78 is 0. The molecule has 1 amide bonds. The molecule has 3 fully saturated rings. The van der Waals surface area contributed by atoms with Crippen molar-refractivity contribution in [3.8, 4) is 0 Å². The molecule has 0 saturated heterocycles. The maximum Gasteiger partial charge on any atom is 0.223 e. The van der Waals surface area contributed by atoms with Crippen LogP contribution < -0.4 is 5.32 Å². The van der Waals surface area contributed by atoms with E-state index in [1.165, 1.54) is 51.4 Å². The van der Waals surface area contributed by atoms with E-state index in [2.05, 4.69) is 21.2 Å². The minimum atomic E-state index is 0.364. The predicted molar refractivity (Wildman–Crippen MR) is 76.7 cm³/mol. The van der Waals surface area contributed by atoms with Crippen molar-refractivity contribution in [1.82, 2.24) is 5.32 Å². The Kier molecular flexibility index (Phi) is 3.97. The highest BCUT2D eigenvalue weighted by molar-refractivity contribution is 9.09. The number of amides is 1. The standard InChI is InChI=1S/C15H24BrNO/c16-12-8-2-1-3-9-13(12)17-15(18)14-10-6-4-5-7-11(10)14/h10-14H,1-9H2,(H,17,18). The molecule has 0 heterocycles. The highest BCUT2D eigenvalue weighted by Crippen LogP contribution is 2.55. The first-order valence-corrected chi connectivity index (χ1v) is 8.63. The third-order valence-corrected chi connectivity index (χ3v) is 6.31. The van der Waals surface area contributed by atoms with Crippen molar-refractivity contribution < 1.29 is 4.79 Å². The summed E-state index contributed by atoms with van der Waals surface area (Å²) in [4.78, 5) is 12.9. The number of rotatable bonds is 2. The number of carbonyl (C=O) groups excluding carboxylic acids is 1. The summed E-state index contributed by atoms with van der Waals surface area (Å²) >= 11 is 3.76. The van der Waals surface area contributed by atoms with Crippen LogP contribution in [0.5, 0.6) is 0 Å².